The molecule has 0 saturated heterocycles. The van der Waals surface area contributed by atoms with Gasteiger partial charge in [-0.2, -0.15) is 0 Å². The second-order valence-corrected chi connectivity index (χ2v) is 7.63. The maximum Gasteiger partial charge on any atom is 0.335 e. The van der Waals surface area contributed by atoms with Crippen molar-refractivity contribution in [2.75, 3.05) is 0 Å². The van der Waals surface area contributed by atoms with Crippen molar-refractivity contribution in [2.45, 2.75) is 45.2 Å². The van der Waals surface area contributed by atoms with E-state index in [1.165, 1.54) is 18.2 Å². The molecule has 0 heterocycles. The number of carbonyl (C=O) groups is 1. The molecule has 0 spiro atoms. The smallest absolute Gasteiger partial charge is 0.335 e. The quantitative estimate of drug-likeness (QED) is 0.486. The molecular formula is C22H22F4O2. The average molecular weight is 394 g/mol. The van der Waals surface area contributed by atoms with Crippen LogP contribution in [0.25, 0.3) is 11.1 Å². The summed E-state index contributed by atoms with van der Waals surface area (Å²) in [7, 11) is 0. The number of alkyl halides is 1. The van der Waals surface area contributed by atoms with Gasteiger partial charge in [0, 0.05) is 6.42 Å². The lowest BCUT2D eigenvalue weighted by molar-refractivity contribution is 0.0695. The van der Waals surface area contributed by atoms with Gasteiger partial charge < -0.3 is 5.11 Å². The first-order chi connectivity index (χ1) is 13.3. The van der Waals surface area contributed by atoms with Gasteiger partial charge in [0.05, 0.1) is 5.56 Å². The molecular weight excluding hydrogens is 372 g/mol. The van der Waals surface area contributed by atoms with E-state index in [2.05, 4.69) is 6.92 Å². The predicted octanol–water partition coefficient (Wildman–Crippen LogP) is 6.18. The summed E-state index contributed by atoms with van der Waals surface area (Å²) in [5.41, 5.74) is 0.240. The first-order valence-corrected chi connectivity index (χ1v) is 9.42. The van der Waals surface area contributed by atoms with Crippen LogP contribution in [0.3, 0.4) is 0 Å². The Bertz CT molecular complexity index is 850. The molecule has 0 aromatic heterocycles. The fourth-order valence-corrected chi connectivity index (χ4v) is 4.00. The van der Waals surface area contributed by atoms with Crippen molar-refractivity contribution in [1.82, 2.24) is 0 Å². The van der Waals surface area contributed by atoms with Gasteiger partial charge in [0.25, 0.3) is 0 Å². The Morgan fingerprint density at radius 2 is 1.71 bits per heavy atom. The van der Waals surface area contributed by atoms with E-state index in [4.69, 9.17) is 0 Å². The molecule has 3 rings (SSSR count). The highest BCUT2D eigenvalue weighted by Crippen LogP contribution is 2.36. The molecule has 28 heavy (non-hydrogen) atoms. The minimum absolute atomic E-state index is 0.0148. The molecule has 1 atom stereocenters. The largest absolute Gasteiger partial charge is 0.478 e. The molecule has 2 aromatic rings. The SMILES string of the molecule is C[C@H]1CC[C@H](C(F)Cc2c(C(=O)O)cccc2-c2cc(F)c(F)c(F)c2)CC1. The summed E-state index contributed by atoms with van der Waals surface area (Å²) in [6.45, 7) is 2.12. The third kappa shape index (κ3) is 4.21. The van der Waals surface area contributed by atoms with Crippen molar-refractivity contribution in [1.29, 1.82) is 0 Å². The van der Waals surface area contributed by atoms with Crippen molar-refractivity contribution < 1.29 is 27.5 Å². The van der Waals surface area contributed by atoms with Gasteiger partial charge in [-0.3, -0.25) is 0 Å². The molecule has 2 aromatic carbocycles. The molecule has 6 heteroatoms. The lowest BCUT2D eigenvalue weighted by Gasteiger charge is -2.29. The summed E-state index contributed by atoms with van der Waals surface area (Å²) in [5.74, 6) is -5.22. The van der Waals surface area contributed by atoms with E-state index in [0.29, 0.717) is 5.92 Å². The number of aromatic carboxylic acids is 1. The Labute approximate surface area is 161 Å². The minimum Gasteiger partial charge on any atom is -0.478 e. The topological polar surface area (TPSA) is 37.3 Å². The zero-order valence-electron chi connectivity index (χ0n) is 15.5. The number of hydrogen-bond acceptors (Lipinski definition) is 1. The Morgan fingerprint density at radius 3 is 2.29 bits per heavy atom. The third-order valence-corrected chi connectivity index (χ3v) is 5.67. The van der Waals surface area contributed by atoms with E-state index in [1.54, 1.807) is 0 Å². The van der Waals surface area contributed by atoms with Gasteiger partial charge in [0.1, 0.15) is 6.17 Å². The molecule has 1 fully saturated rings. The molecule has 1 aliphatic rings. The van der Waals surface area contributed by atoms with Gasteiger partial charge in [0.15, 0.2) is 17.5 Å². The lowest BCUT2D eigenvalue weighted by Crippen LogP contribution is -2.24. The minimum atomic E-state index is -1.60. The summed E-state index contributed by atoms with van der Waals surface area (Å²) in [4.78, 5) is 11.7. The van der Waals surface area contributed by atoms with Crippen LogP contribution >= 0.6 is 0 Å². The maximum absolute atomic E-state index is 15.1. The molecule has 0 aliphatic heterocycles. The van der Waals surface area contributed by atoms with Gasteiger partial charge in [-0.05, 0) is 59.6 Å². The van der Waals surface area contributed by atoms with E-state index in [1.807, 2.05) is 0 Å². The standard InChI is InChI=1S/C22H22F4O2/c1-12-5-7-13(8-6-12)18(23)11-17-15(3-2-4-16(17)22(27)28)14-9-19(24)21(26)20(25)10-14/h2-4,9-10,12-13,18H,5-8,11H2,1H3,(H,27,28)/t12-,13-,18?. The summed E-state index contributed by atoms with van der Waals surface area (Å²) in [5, 5.41) is 9.52. The van der Waals surface area contributed by atoms with E-state index < -0.39 is 29.6 Å². The van der Waals surface area contributed by atoms with Gasteiger partial charge in [-0.25, -0.2) is 22.4 Å². The number of carboxylic acid groups (broad SMARTS) is 1. The van der Waals surface area contributed by atoms with E-state index in [0.717, 1.165) is 37.8 Å². The fraction of sp³-hybridized carbons (Fsp3) is 0.409. The van der Waals surface area contributed by atoms with E-state index in [9.17, 15) is 23.1 Å². The molecule has 0 radical (unpaired) electrons. The van der Waals surface area contributed by atoms with Crippen molar-refractivity contribution in [3.8, 4) is 11.1 Å². The molecule has 2 nitrogen and oxygen atoms in total. The number of rotatable bonds is 5. The Balaban J connectivity index is 2.00. The summed E-state index contributed by atoms with van der Waals surface area (Å²) in [6.07, 6.45) is 1.87. The Kier molecular flexibility index (Phi) is 6.06. The van der Waals surface area contributed by atoms with Crippen LogP contribution in [0.5, 0.6) is 0 Å². The van der Waals surface area contributed by atoms with Crippen molar-refractivity contribution in [3.63, 3.8) is 0 Å². The van der Waals surface area contributed by atoms with Gasteiger partial charge in [-0.15, -0.1) is 0 Å². The number of halogens is 4. The molecule has 1 saturated carbocycles. The molecule has 0 bridgehead atoms. The van der Waals surface area contributed by atoms with Crippen molar-refractivity contribution in [3.05, 3.63) is 58.9 Å². The third-order valence-electron chi connectivity index (χ3n) is 5.67. The number of hydrogen-bond donors (Lipinski definition) is 1. The van der Waals surface area contributed by atoms with Crippen LogP contribution in [-0.4, -0.2) is 17.2 Å². The fourth-order valence-electron chi connectivity index (χ4n) is 4.00. The van der Waals surface area contributed by atoms with Crippen molar-refractivity contribution in [2.24, 2.45) is 11.8 Å². The first kappa shape index (κ1) is 20.4. The monoisotopic (exact) mass is 394 g/mol. The second-order valence-electron chi connectivity index (χ2n) is 7.63. The van der Waals surface area contributed by atoms with Crippen LogP contribution in [0.4, 0.5) is 17.6 Å². The summed E-state index contributed by atoms with van der Waals surface area (Å²) >= 11 is 0. The number of benzene rings is 2. The zero-order chi connectivity index (χ0) is 20.4. The Hall–Kier alpha value is -2.37. The predicted molar refractivity (Wildman–Crippen MR) is 98.4 cm³/mol. The molecule has 1 unspecified atom stereocenters. The summed E-state index contributed by atoms with van der Waals surface area (Å²) < 4.78 is 55.8. The molecule has 0 amide bonds. The number of carboxylic acids is 1. The zero-order valence-corrected chi connectivity index (χ0v) is 15.5. The average Bonchev–Trinajstić information content (AvgIpc) is 2.66. The molecule has 150 valence electrons. The van der Waals surface area contributed by atoms with Gasteiger partial charge in [-0.1, -0.05) is 31.9 Å². The van der Waals surface area contributed by atoms with Crippen molar-refractivity contribution >= 4 is 5.97 Å². The maximum atomic E-state index is 15.1. The van der Waals surface area contributed by atoms with E-state index >= 15 is 4.39 Å². The highest BCUT2D eigenvalue weighted by molar-refractivity contribution is 5.92. The van der Waals surface area contributed by atoms with Crippen LogP contribution in [0.1, 0.15) is 48.5 Å². The lowest BCUT2D eigenvalue weighted by atomic mass is 9.78. The van der Waals surface area contributed by atoms with Gasteiger partial charge >= 0.3 is 5.97 Å². The van der Waals surface area contributed by atoms with Crippen LogP contribution in [0.2, 0.25) is 0 Å². The highest BCUT2D eigenvalue weighted by atomic mass is 19.2. The van der Waals surface area contributed by atoms with Crippen LogP contribution in [0.15, 0.2) is 30.3 Å². The Morgan fingerprint density at radius 1 is 1.11 bits per heavy atom. The van der Waals surface area contributed by atoms with Crippen LogP contribution in [0, 0.1) is 29.3 Å². The summed E-state index contributed by atoms with van der Waals surface area (Å²) in [6, 6.07) is 5.85. The van der Waals surface area contributed by atoms with Crippen LogP contribution < -0.4 is 0 Å². The van der Waals surface area contributed by atoms with Gasteiger partial charge in [0.2, 0.25) is 0 Å². The molecule has 1 aliphatic carbocycles. The highest BCUT2D eigenvalue weighted by Gasteiger charge is 2.28. The normalized spacial score (nSPS) is 20.8. The van der Waals surface area contributed by atoms with Crippen LogP contribution in [-0.2, 0) is 6.42 Å². The second kappa shape index (κ2) is 8.33. The molecule has 1 N–H and O–H groups in total. The van der Waals surface area contributed by atoms with E-state index in [-0.39, 0.29) is 34.6 Å². The first-order valence-electron chi connectivity index (χ1n) is 9.42.